The van der Waals surface area contributed by atoms with E-state index in [0.717, 1.165) is 44.8 Å². The first-order chi connectivity index (χ1) is 12.7. The molecular weight excluding hydrogens is 338 g/mol. The summed E-state index contributed by atoms with van der Waals surface area (Å²) in [5.41, 5.74) is 1.81. The molecule has 1 aliphatic heterocycles. The summed E-state index contributed by atoms with van der Waals surface area (Å²) in [6.07, 6.45) is 2.15. The molecule has 1 aromatic carbocycles. The van der Waals surface area contributed by atoms with Gasteiger partial charge in [-0.25, -0.2) is 0 Å². The van der Waals surface area contributed by atoms with E-state index in [1.807, 2.05) is 29.2 Å². The Morgan fingerprint density at radius 3 is 2.19 bits per heavy atom. The Morgan fingerprint density at radius 1 is 1.07 bits per heavy atom. The minimum atomic E-state index is 0.0826. The molecule has 1 saturated carbocycles. The smallest absolute Gasteiger partial charge is 0.253 e. The second-order valence-corrected chi connectivity index (χ2v) is 9.33. The monoisotopic (exact) mass is 371 g/mol. The molecule has 1 saturated heterocycles. The van der Waals surface area contributed by atoms with Gasteiger partial charge in [-0.2, -0.15) is 0 Å². The molecule has 1 aliphatic carbocycles. The largest absolute Gasteiger partial charge is 0.336 e. The summed E-state index contributed by atoms with van der Waals surface area (Å²) in [4.78, 5) is 29.1. The molecule has 2 atom stereocenters. The van der Waals surface area contributed by atoms with E-state index >= 15 is 0 Å². The van der Waals surface area contributed by atoms with Crippen LogP contribution in [-0.2, 0) is 4.79 Å². The number of hydrogen-bond donors (Lipinski definition) is 1. The van der Waals surface area contributed by atoms with Crippen molar-refractivity contribution < 1.29 is 9.59 Å². The van der Waals surface area contributed by atoms with E-state index in [1.54, 1.807) is 0 Å². The third-order valence-corrected chi connectivity index (χ3v) is 5.68. The molecule has 0 radical (unpaired) electrons. The van der Waals surface area contributed by atoms with Crippen LogP contribution in [0, 0.1) is 17.3 Å². The summed E-state index contributed by atoms with van der Waals surface area (Å²) in [7, 11) is 0. The highest BCUT2D eigenvalue weighted by Crippen LogP contribution is 2.38. The standard InChI is InChI=1S/C22H33N3O2/c1-16-15-19(16)20(26)23-18-7-5-17(6-8-18)21(27)25-13-11-24(12-14-25)10-9-22(2,3)4/h5-8,16,19H,9-15H2,1-4H3,(H,23,26). The summed E-state index contributed by atoms with van der Waals surface area (Å²) in [6.45, 7) is 13.4. The highest BCUT2D eigenvalue weighted by Gasteiger charge is 2.39. The van der Waals surface area contributed by atoms with E-state index in [4.69, 9.17) is 0 Å². The predicted octanol–water partition coefficient (Wildman–Crippen LogP) is 3.48. The number of hydrogen-bond acceptors (Lipinski definition) is 3. The van der Waals surface area contributed by atoms with Gasteiger partial charge in [0.05, 0.1) is 0 Å². The van der Waals surface area contributed by atoms with Crippen molar-refractivity contribution in [1.82, 2.24) is 9.80 Å². The molecule has 27 heavy (non-hydrogen) atoms. The first-order valence-electron chi connectivity index (χ1n) is 10.2. The van der Waals surface area contributed by atoms with Gasteiger partial charge in [-0.1, -0.05) is 27.7 Å². The van der Waals surface area contributed by atoms with Crippen LogP contribution in [0.4, 0.5) is 5.69 Å². The summed E-state index contributed by atoms with van der Waals surface area (Å²) < 4.78 is 0. The lowest BCUT2D eigenvalue weighted by Gasteiger charge is -2.36. The van der Waals surface area contributed by atoms with Crippen molar-refractivity contribution in [3.05, 3.63) is 29.8 Å². The van der Waals surface area contributed by atoms with E-state index in [1.165, 1.54) is 6.42 Å². The third kappa shape index (κ3) is 5.55. The van der Waals surface area contributed by atoms with Crippen molar-refractivity contribution in [2.45, 2.75) is 40.5 Å². The second kappa shape index (κ2) is 8.01. The number of anilines is 1. The lowest BCUT2D eigenvalue weighted by atomic mass is 9.92. The van der Waals surface area contributed by atoms with Crippen molar-refractivity contribution in [1.29, 1.82) is 0 Å². The lowest BCUT2D eigenvalue weighted by Crippen LogP contribution is -2.49. The number of piperazine rings is 1. The maximum Gasteiger partial charge on any atom is 0.253 e. The quantitative estimate of drug-likeness (QED) is 0.862. The van der Waals surface area contributed by atoms with E-state index in [0.29, 0.717) is 16.9 Å². The van der Waals surface area contributed by atoms with Crippen molar-refractivity contribution in [3.8, 4) is 0 Å². The van der Waals surface area contributed by atoms with Crippen LogP contribution in [0.1, 0.15) is 50.9 Å². The second-order valence-electron chi connectivity index (χ2n) is 9.33. The molecule has 1 heterocycles. The van der Waals surface area contributed by atoms with Crippen molar-refractivity contribution >= 4 is 17.5 Å². The number of carbonyl (C=O) groups is 2. The summed E-state index contributed by atoms with van der Waals surface area (Å²) in [6, 6.07) is 7.30. The average Bonchev–Trinajstić information content (AvgIpc) is 3.37. The molecule has 2 amide bonds. The summed E-state index contributed by atoms with van der Waals surface area (Å²) in [5, 5.41) is 2.94. The van der Waals surface area contributed by atoms with Crippen LogP contribution in [0.3, 0.4) is 0 Å². The number of nitrogens with one attached hydrogen (secondary N) is 1. The first kappa shape index (κ1) is 19.9. The van der Waals surface area contributed by atoms with Gasteiger partial charge in [-0.3, -0.25) is 14.5 Å². The van der Waals surface area contributed by atoms with Gasteiger partial charge in [0.25, 0.3) is 5.91 Å². The Bertz CT molecular complexity index is 670. The topological polar surface area (TPSA) is 52.7 Å². The van der Waals surface area contributed by atoms with Gasteiger partial charge in [0.1, 0.15) is 0 Å². The van der Waals surface area contributed by atoms with E-state index in [9.17, 15) is 9.59 Å². The Morgan fingerprint density at radius 2 is 1.67 bits per heavy atom. The highest BCUT2D eigenvalue weighted by atomic mass is 16.2. The Labute approximate surface area is 163 Å². The van der Waals surface area contributed by atoms with Gasteiger partial charge in [0, 0.05) is 43.3 Å². The maximum atomic E-state index is 12.7. The molecule has 5 heteroatoms. The zero-order chi connectivity index (χ0) is 19.6. The van der Waals surface area contributed by atoms with E-state index < -0.39 is 0 Å². The van der Waals surface area contributed by atoms with Gasteiger partial charge in [-0.05, 0) is 55.0 Å². The van der Waals surface area contributed by atoms with E-state index in [2.05, 4.69) is 37.9 Å². The van der Waals surface area contributed by atoms with Crippen molar-refractivity contribution in [2.75, 3.05) is 38.0 Å². The fraction of sp³-hybridized carbons (Fsp3) is 0.636. The summed E-state index contributed by atoms with van der Waals surface area (Å²) in [5.74, 6) is 0.820. The maximum absolute atomic E-state index is 12.7. The van der Waals surface area contributed by atoms with Crippen LogP contribution in [-0.4, -0.2) is 54.3 Å². The van der Waals surface area contributed by atoms with Gasteiger partial charge in [0.2, 0.25) is 5.91 Å². The number of benzene rings is 1. The predicted molar refractivity (Wildman–Crippen MR) is 109 cm³/mol. The molecule has 2 unspecified atom stereocenters. The number of carbonyl (C=O) groups excluding carboxylic acids is 2. The van der Waals surface area contributed by atoms with Crippen LogP contribution in [0.15, 0.2) is 24.3 Å². The third-order valence-electron chi connectivity index (χ3n) is 5.68. The normalized spacial score (nSPS) is 23.2. The Hall–Kier alpha value is -1.88. The van der Waals surface area contributed by atoms with Gasteiger partial charge in [0.15, 0.2) is 0 Å². The van der Waals surface area contributed by atoms with Gasteiger partial charge < -0.3 is 10.2 Å². The lowest BCUT2D eigenvalue weighted by molar-refractivity contribution is -0.117. The van der Waals surface area contributed by atoms with Crippen LogP contribution >= 0.6 is 0 Å². The van der Waals surface area contributed by atoms with Crippen LogP contribution in [0.25, 0.3) is 0 Å². The zero-order valence-corrected chi connectivity index (χ0v) is 17.1. The van der Waals surface area contributed by atoms with Crippen LogP contribution in [0.2, 0.25) is 0 Å². The zero-order valence-electron chi connectivity index (χ0n) is 17.1. The Kier molecular flexibility index (Phi) is 5.89. The molecule has 0 spiro atoms. The van der Waals surface area contributed by atoms with Crippen LogP contribution in [0.5, 0.6) is 0 Å². The van der Waals surface area contributed by atoms with Crippen LogP contribution < -0.4 is 5.32 Å². The molecule has 5 nitrogen and oxygen atoms in total. The minimum Gasteiger partial charge on any atom is -0.336 e. The first-order valence-corrected chi connectivity index (χ1v) is 10.2. The van der Waals surface area contributed by atoms with Gasteiger partial charge in [-0.15, -0.1) is 0 Å². The molecule has 3 rings (SSSR count). The Balaban J connectivity index is 1.47. The molecular formula is C22H33N3O2. The molecule has 2 aliphatic rings. The van der Waals surface area contributed by atoms with Gasteiger partial charge >= 0.3 is 0 Å². The molecule has 1 aromatic rings. The molecule has 2 fully saturated rings. The SMILES string of the molecule is CC1CC1C(=O)Nc1ccc(C(=O)N2CCN(CCC(C)(C)C)CC2)cc1. The fourth-order valence-electron chi connectivity index (χ4n) is 3.47. The summed E-state index contributed by atoms with van der Waals surface area (Å²) >= 11 is 0. The van der Waals surface area contributed by atoms with Crippen molar-refractivity contribution in [3.63, 3.8) is 0 Å². The average molecular weight is 372 g/mol. The minimum absolute atomic E-state index is 0.0826. The number of rotatable bonds is 5. The fourth-order valence-corrected chi connectivity index (χ4v) is 3.47. The number of nitrogens with zero attached hydrogens (tertiary/aromatic N) is 2. The highest BCUT2D eigenvalue weighted by molar-refractivity contribution is 5.97. The van der Waals surface area contributed by atoms with Crippen molar-refractivity contribution in [2.24, 2.45) is 17.3 Å². The van der Waals surface area contributed by atoms with E-state index in [-0.39, 0.29) is 17.7 Å². The molecule has 148 valence electrons. The molecule has 1 N–H and O–H groups in total. The molecule has 0 bridgehead atoms. The molecule has 0 aromatic heterocycles. The number of amides is 2.